The summed E-state index contributed by atoms with van der Waals surface area (Å²) < 4.78 is 6.80. The standard InChI is InChI=1S/C18H14N2O3/c1-23-18(22)12-7-5-11(6-8-12)17-19-14-4-2-3-13-15(21)9-10-20(17)16(13)14/h2-8H,9-10H2,1H3. The van der Waals surface area contributed by atoms with Crippen LogP contribution < -0.4 is 0 Å². The van der Waals surface area contributed by atoms with E-state index in [0.29, 0.717) is 18.5 Å². The van der Waals surface area contributed by atoms with E-state index in [1.807, 2.05) is 30.3 Å². The van der Waals surface area contributed by atoms with Gasteiger partial charge in [-0.1, -0.05) is 18.2 Å². The Hall–Kier alpha value is -2.95. The van der Waals surface area contributed by atoms with Gasteiger partial charge in [-0.2, -0.15) is 0 Å². The fraction of sp³-hybridized carbons (Fsp3) is 0.167. The molecule has 1 aliphatic rings. The molecule has 0 unspecified atom stereocenters. The largest absolute Gasteiger partial charge is 0.465 e. The lowest BCUT2D eigenvalue weighted by atomic mass is 10.0. The van der Waals surface area contributed by atoms with E-state index in [-0.39, 0.29) is 11.8 Å². The van der Waals surface area contributed by atoms with Crippen molar-refractivity contribution in [2.24, 2.45) is 0 Å². The van der Waals surface area contributed by atoms with Crippen molar-refractivity contribution in [3.63, 3.8) is 0 Å². The molecule has 0 spiro atoms. The minimum absolute atomic E-state index is 0.163. The molecule has 0 saturated heterocycles. The normalized spacial score (nSPS) is 13.3. The van der Waals surface area contributed by atoms with Crippen molar-refractivity contribution >= 4 is 22.8 Å². The summed E-state index contributed by atoms with van der Waals surface area (Å²) in [5.74, 6) is 0.617. The molecule has 0 amide bonds. The third-order valence-corrected chi connectivity index (χ3v) is 4.19. The maximum atomic E-state index is 12.1. The van der Waals surface area contributed by atoms with E-state index in [4.69, 9.17) is 4.74 Å². The SMILES string of the molecule is COC(=O)c1ccc(-c2nc3cccc4c3n2CCC4=O)cc1. The number of hydrogen-bond acceptors (Lipinski definition) is 4. The van der Waals surface area contributed by atoms with Crippen LogP contribution in [0.1, 0.15) is 27.1 Å². The zero-order valence-electron chi connectivity index (χ0n) is 12.6. The summed E-state index contributed by atoms with van der Waals surface area (Å²) in [4.78, 5) is 28.3. The third kappa shape index (κ3) is 2.04. The number of carbonyl (C=O) groups excluding carboxylic acids is 2. The number of imidazole rings is 1. The monoisotopic (exact) mass is 306 g/mol. The Morgan fingerprint density at radius 2 is 1.96 bits per heavy atom. The number of para-hydroxylation sites is 1. The van der Waals surface area contributed by atoms with Crippen molar-refractivity contribution in [3.8, 4) is 11.4 Å². The van der Waals surface area contributed by atoms with E-state index in [1.165, 1.54) is 7.11 Å². The highest BCUT2D eigenvalue weighted by Crippen LogP contribution is 2.31. The van der Waals surface area contributed by atoms with E-state index in [2.05, 4.69) is 9.55 Å². The number of methoxy groups -OCH3 is 1. The molecule has 5 heteroatoms. The van der Waals surface area contributed by atoms with Crippen LogP contribution in [0.15, 0.2) is 42.5 Å². The average molecular weight is 306 g/mol. The molecule has 2 aromatic carbocycles. The van der Waals surface area contributed by atoms with E-state index in [0.717, 1.165) is 28.0 Å². The highest BCUT2D eigenvalue weighted by Gasteiger charge is 2.23. The maximum absolute atomic E-state index is 12.1. The second-order valence-electron chi connectivity index (χ2n) is 5.50. The summed E-state index contributed by atoms with van der Waals surface area (Å²) in [7, 11) is 1.36. The molecule has 0 saturated carbocycles. The van der Waals surface area contributed by atoms with Crippen molar-refractivity contribution < 1.29 is 14.3 Å². The summed E-state index contributed by atoms with van der Waals surface area (Å²) in [5.41, 5.74) is 3.87. The lowest BCUT2D eigenvalue weighted by Gasteiger charge is -2.15. The molecule has 3 aromatic rings. The molecule has 0 N–H and O–H groups in total. The Balaban J connectivity index is 1.87. The highest BCUT2D eigenvalue weighted by molar-refractivity contribution is 6.08. The van der Waals surface area contributed by atoms with Crippen LogP contribution in [0.3, 0.4) is 0 Å². The Labute approximate surface area is 132 Å². The second kappa shape index (κ2) is 5.05. The number of nitrogens with zero attached hydrogens (tertiary/aromatic N) is 2. The van der Waals surface area contributed by atoms with Crippen LogP contribution in [0, 0.1) is 0 Å². The first kappa shape index (κ1) is 13.7. The second-order valence-corrected chi connectivity index (χ2v) is 5.50. The molecule has 0 bridgehead atoms. The summed E-state index contributed by atoms with van der Waals surface area (Å²) in [6.07, 6.45) is 0.482. The van der Waals surface area contributed by atoms with Crippen LogP contribution in [0.25, 0.3) is 22.4 Å². The molecule has 0 aliphatic carbocycles. The number of rotatable bonds is 2. The summed E-state index contributed by atoms with van der Waals surface area (Å²) in [6, 6.07) is 12.8. The van der Waals surface area contributed by atoms with Crippen molar-refractivity contribution in [2.75, 3.05) is 7.11 Å². The molecule has 23 heavy (non-hydrogen) atoms. The number of aryl methyl sites for hydroxylation is 1. The van der Waals surface area contributed by atoms with Gasteiger partial charge in [-0.25, -0.2) is 9.78 Å². The summed E-state index contributed by atoms with van der Waals surface area (Å²) in [6.45, 7) is 0.625. The Morgan fingerprint density at radius 3 is 2.70 bits per heavy atom. The number of hydrogen-bond donors (Lipinski definition) is 0. The number of ether oxygens (including phenoxy) is 1. The fourth-order valence-corrected chi connectivity index (χ4v) is 3.07. The number of carbonyl (C=O) groups is 2. The van der Waals surface area contributed by atoms with Crippen LogP contribution in [0.4, 0.5) is 0 Å². The molecule has 4 rings (SSSR count). The Kier molecular flexibility index (Phi) is 3.01. The molecular weight excluding hydrogens is 292 g/mol. The van der Waals surface area contributed by atoms with Crippen molar-refractivity contribution in [1.29, 1.82) is 0 Å². The highest BCUT2D eigenvalue weighted by atomic mass is 16.5. The molecule has 5 nitrogen and oxygen atoms in total. The first-order chi connectivity index (χ1) is 11.2. The van der Waals surface area contributed by atoms with E-state index in [1.54, 1.807) is 12.1 Å². The van der Waals surface area contributed by atoms with Gasteiger partial charge in [-0.3, -0.25) is 4.79 Å². The molecule has 0 fully saturated rings. The van der Waals surface area contributed by atoms with Crippen LogP contribution >= 0.6 is 0 Å². The van der Waals surface area contributed by atoms with E-state index < -0.39 is 0 Å². The predicted octanol–water partition coefficient (Wildman–Crippen LogP) is 3.08. The van der Waals surface area contributed by atoms with Crippen LogP contribution in [0.2, 0.25) is 0 Å². The molecule has 114 valence electrons. The minimum atomic E-state index is -0.362. The lowest BCUT2D eigenvalue weighted by molar-refractivity contribution is 0.0600. The first-order valence-electron chi connectivity index (χ1n) is 7.40. The number of ketones is 1. The predicted molar refractivity (Wildman–Crippen MR) is 85.5 cm³/mol. The van der Waals surface area contributed by atoms with Crippen molar-refractivity contribution in [3.05, 3.63) is 53.6 Å². The van der Waals surface area contributed by atoms with Gasteiger partial charge in [-0.05, 0) is 24.3 Å². The van der Waals surface area contributed by atoms with Gasteiger partial charge in [0.2, 0.25) is 0 Å². The number of esters is 1. The molecule has 2 heterocycles. The molecule has 0 radical (unpaired) electrons. The van der Waals surface area contributed by atoms with Crippen LogP contribution in [-0.4, -0.2) is 28.4 Å². The number of Topliss-reactive ketones (excluding diaryl/α,β-unsaturated/α-hetero) is 1. The maximum Gasteiger partial charge on any atom is 0.337 e. The van der Waals surface area contributed by atoms with Gasteiger partial charge in [0.15, 0.2) is 5.78 Å². The zero-order valence-corrected chi connectivity index (χ0v) is 12.6. The summed E-state index contributed by atoms with van der Waals surface area (Å²) >= 11 is 0. The van der Waals surface area contributed by atoms with Crippen molar-refractivity contribution in [1.82, 2.24) is 9.55 Å². The Bertz CT molecular complexity index is 939. The quantitative estimate of drug-likeness (QED) is 0.683. The van der Waals surface area contributed by atoms with E-state index >= 15 is 0 Å². The topological polar surface area (TPSA) is 61.2 Å². The van der Waals surface area contributed by atoms with Crippen LogP contribution in [-0.2, 0) is 11.3 Å². The minimum Gasteiger partial charge on any atom is -0.465 e. The van der Waals surface area contributed by atoms with Gasteiger partial charge >= 0.3 is 5.97 Å². The third-order valence-electron chi connectivity index (χ3n) is 4.19. The number of benzene rings is 2. The molecule has 1 aromatic heterocycles. The van der Waals surface area contributed by atoms with Crippen LogP contribution in [0.5, 0.6) is 0 Å². The lowest BCUT2D eigenvalue weighted by Crippen LogP contribution is -2.14. The van der Waals surface area contributed by atoms with Gasteiger partial charge in [-0.15, -0.1) is 0 Å². The van der Waals surface area contributed by atoms with Gasteiger partial charge < -0.3 is 9.30 Å². The molecule has 1 aliphatic heterocycles. The fourth-order valence-electron chi connectivity index (χ4n) is 3.07. The Morgan fingerprint density at radius 1 is 1.17 bits per heavy atom. The van der Waals surface area contributed by atoms with Crippen molar-refractivity contribution in [2.45, 2.75) is 13.0 Å². The molecular formula is C18H14N2O3. The molecule has 0 atom stereocenters. The van der Waals surface area contributed by atoms with E-state index in [9.17, 15) is 9.59 Å². The smallest absolute Gasteiger partial charge is 0.337 e. The zero-order chi connectivity index (χ0) is 16.0. The van der Waals surface area contributed by atoms with Gasteiger partial charge in [0, 0.05) is 24.1 Å². The number of aromatic nitrogens is 2. The average Bonchev–Trinajstić information content (AvgIpc) is 2.97. The van der Waals surface area contributed by atoms with Gasteiger partial charge in [0.1, 0.15) is 5.82 Å². The first-order valence-corrected chi connectivity index (χ1v) is 7.40. The van der Waals surface area contributed by atoms with Gasteiger partial charge in [0.25, 0.3) is 0 Å². The van der Waals surface area contributed by atoms with Gasteiger partial charge in [0.05, 0.1) is 23.7 Å². The summed E-state index contributed by atoms with van der Waals surface area (Å²) in [5, 5.41) is 0.